The number of ether oxygens (including phenoxy) is 1. The lowest BCUT2D eigenvalue weighted by molar-refractivity contribution is -0.384. The largest absolute Gasteiger partial charge is 0.492 e. The second-order valence-electron chi connectivity index (χ2n) is 6.26. The molecule has 0 saturated carbocycles. The summed E-state index contributed by atoms with van der Waals surface area (Å²) < 4.78 is 6.46. The summed E-state index contributed by atoms with van der Waals surface area (Å²) >= 11 is 3.44. The van der Waals surface area contributed by atoms with Crippen LogP contribution >= 0.6 is 15.9 Å². The lowest BCUT2D eigenvalue weighted by Crippen LogP contribution is -2.13. The minimum absolute atomic E-state index is 0.00585. The zero-order chi connectivity index (χ0) is 19.8. The van der Waals surface area contributed by atoms with E-state index in [1.165, 1.54) is 31.0 Å². The number of nitrogens with one attached hydrogen (secondary N) is 1. The van der Waals surface area contributed by atoms with Crippen LogP contribution in [-0.4, -0.2) is 17.4 Å². The molecule has 2 rings (SSSR count). The van der Waals surface area contributed by atoms with Crippen molar-refractivity contribution in [3.8, 4) is 5.75 Å². The molecule has 0 heterocycles. The molecule has 0 aromatic heterocycles. The van der Waals surface area contributed by atoms with Crippen LogP contribution in [0.3, 0.4) is 0 Å². The summed E-state index contributed by atoms with van der Waals surface area (Å²) in [6.45, 7) is 4.53. The Morgan fingerprint density at radius 2 is 1.96 bits per heavy atom. The number of aryl methyl sites for hydroxylation is 1. The second kappa shape index (κ2) is 10.1. The van der Waals surface area contributed by atoms with E-state index in [-0.39, 0.29) is 11.6 Å². The van der Waals surface area contributed by atoms with Crippen LogP contribution in [0.5, 0.6) is 5.75 Å². The molecule has 6 nitrogen and oxygen atoms in total. The molecular weight excluding hydrogens is 412 g/mol. The molecule has 0 bridgehead atoms. The van der Waals surface area contributed by atoms with Gasteiger partial charge in [0.25, 0.3) is 11.6 Å². The number of nitro benzene ring substituents is 1. The Morgan fingerprint density at radius 3 is 2.59 bits per heavy atom. The molecule has 7 heteroatoms. The van der Waals surface area contributed by atoms with Gasteiger partial charge in [-0.15, -0.1) is 0 Å². The highest BCUT2D eigenvalue weighted by Crippen LogP contribution is 2.27. The van der Waals surface area contributed by atoms with Gasteiger partial charge in [-0.1, -0.05) is 26.2 Å². The number of carbonyl (C=O) groups excluding carboxylic acids is 1. The molecule has 2 aromatic carbocycles. The average molecular weight is 435 g/mol. The Kier molecular flexibility index (Phi) is 7.79. The van der Waals surface area contributed by atoms with E-state index in [1.807, 2.05) is 0 Å². The predicted octanol–water partition coefficient (Wildman–Crippen LogP) is 5.88. The molecule has 0 unspecified atom stereocenters. The van der Waals surface area contributed by atoms with Crippen LogP contribution < -0.4 is 10.1 Å². The molecule has 0 spiro atoms. The first kappa shape index (κ1) is 20.9. The minimum atomic E-state index is -0.462. The summed E-state index contributed by atoms with van der Waals surface area (Å²) in [7, 11) is 0. The summed E-state index contributed by atoms with van der Waals surface area (Å²) in [5.74, 6) is 0.414. The molecule has 1 N–H and O–H groups in total. The van der Waals surface area contributed by atoms with Crippen LogP contribution in [0, 0.1) is 17.0 Å². The third kappa shape index (κ3) is 6.06. The fraction of sp³-hybridized carbons (Fsp3) is 0.350. The fourth-order valence-corrected chi connectivity index (χ4v) is 3.06. The Hall–Kier alpha value is -2.41. The highest BCUT2D eigenvalue weighted by atomic mass is 79.9. The molecule has 144 valence electrons. The van der Waals surface area contributed by atoms with Crippen molar-refractivity contribution >= 4 is 33.2 Å². The van der Waals surface area contributed by atoms with Crippen molar-refractivity contribution in [2.45, 2.75) is 39.5 Å². The zero-order valence-electron chi connectivity index (χ0n) is 15.5. The van der Waals surface area contributed by atoms with Crippen molar-refractivity contribution in [2.75, 3.05) is 11.9 Å². The van der Waals surface area contributed by atoms with Crippen molar-refractivity contribution in [3.63, 3.8) is 0 Å². The Morgan fingerprint density at radius 1 is 1.19 bits per heavy atom. The Bertz CT molecular complexity index is 824. The zero-order valence-corrected chi connectivity index (χ0v) is 17.0. The molecule has 1 amide bonds. The van der Waals surface area contributed by atoms with Gasteiger partial charge in [0, 0.05) is 23.4 Å². The van der Waals surface area contributed by atoms with Crippen LogP contribution in [0.2, 0.25) is 0 Å². The van der Waals surface area contributed by atoms with Gasteiger partial charge in [0.05, 0.1) is 16.0 Å². The minimum Gasteiger partial charge on any atom is -0.492 e. The van der Waals surface area contributed by atoms with Crippen molar-refractivity contribution in [1.29, 1.82) is 0 Å². The number of halogens is 1. The number of unbranched alkanes of at least 4 members (excludes halogenated alkanes) is 3. The van der Waals surface area contributed by atoms with Gasteiger partial charge in [0.2, 0.25) is 0 Å². The maximum Gasteiger partial charge on any atom is 0.269 e. The lowest BCUT2D eigenvalue weighted by atomic mass is 10.1. The van der Waals surface area contributed by atoms with E-state index in [2.05, 4.69) is 28.2 Å². The normalized spacial score (nSPS) is 10.5. The van der Waals surface area contributed by atoms with Crippen LogP contribution in [0.15, 0.2) is 40.9 Å². The van der Waals surface area contributed by atoms with E-state index < -0.39 is 4.92 Å². The lowest BCUT2D eigenvalue weighted by Gasteiger charge is -2.11. The molecule has 0 radical (unpaired) electrons. The first-order chi connectivity index (χ1) is 12.9. The van der Waals surface area contributed by atoms with Crippen molar-refractivity contribution < 1.29 is 14.5 Å². The Labute approximate surface area is 167 Å². The van der Waals surface area contributed by atoms with E-state index in [9.17, 15) is 14.9 Å². The smallest absolute Gasteiger partial charge is 0.269 e. The highest BCUT2D eigenvalue weighted by molar-refractivity contribution is 9.10. The van der Waals surface area contributed by atoms with Gasteiger partial charge in [-0.05, 0) is 59.1 Å². The van der Waals surface area contributed by atoms with Gasteiger partial charge in [-0.25, -0.2) is 0 Å². The van der Waals surface area contributed by atoms with Crippen LogP contribution in [0.4, 0.5) is 11.4 Å². The number of anilines is 1. The molecule has 0 aliphatic rings. The highest BCUT2D eigenvalue weighted by Gasteiger charge is 2.13. The van der Waals surface area contributed by atoms with Crippen LogP contribution in [-0.2, 0) is 0 Å². The molecule has 0 saturated heterocycles. The molecule has 0 fully saturated rings. The van der Waals surface area contributed by atoms with E-state index in [0.717, 1.165) is 12.8 Å². The second-order valence-corrected chi connectivity index (χ2v) is 7.12. The summed E-state index contributed by atoms with van der Waals surface area (Å²) in [6.07, 6.45) is 4.53. The third-order valence-electron chi connectivity index (χ3n) is 4.12. The molecular formula is C20H23BrN2O4. The number of hydrogen-bond acceptors (Lipinski definition) is 4. The maximum absolute atomic E-state index is 12.5. The SMILES string of the molecule is CCCCCCOc1ccc(C(=O)Nc2ccc([N+](=O)[O-])cc2C)cc1Br. The van der Waals surface area contributed by atoms with E-state index in [4.69, 9.17) is 4.74 Å². The van der Waals surface area contributed by atoms with Gasteiger partial charge >= 0.3 is 0 Å². The quantitative estimate of drug-likeness (QED) is 0.303. The Balaban J connectivity index is 2.00. The van der Waals surface area contributed by atoms with Crippen LogP contribution in [0.25, 0.3) is 0 Å². The molecule has 0 aliphatic heterocycles. The van der Waals surface area contributed by atoms with Gasteiger partial charge in [-0.2, -0.15) is 0 Å². The van der Waals surface area contributed by atoms with Crippen molar-refractivity contribution in [3.05, 3.63) is 62.1 Å². The number of carbonyl (C=O) groups is 1. The van der Waals surface area contributed by atoms with Crippen molar-refractivity contribution in [2.24, 2.45) is 0 Å². The molecule has 27 heavy (non-hydrogen) atoms. The number of nitro groups is 1. The van der Waals surface area contributed by atoms with E-state index in [1.54, 1.807) is 25.1 Å². The van der Waals surface area contributed by atoms with Crippen LogP contribution in [0.1, 0.15) is 48.5 Å². The third-order valence-corrected chi connectivity index (χ3v) is 4.74. The summed E-state index contributed by atoms with van der Waals surface area (Å²) in [5.41, 5.74) is 1.63. The van der Waals surface area contributed by atoms with Gasteiger partial charge in [0.15, 0.2) is 0 Å². The number of hydrogen-bond donors (Lipinski definition) is 1. The fourth-order valence-electron chi connectivity index (χ4n) is 2.57. The number of nitrogens with zero attached hydrogens (tertiary/aromatic N) is 1. The van der Waals surface area contributed by atoms with Gasteiger partial charge < -0.3 is 10.1 Å². The summed E-state index contributed by atoms with van der Waals surface area (Å²) in [4.78, 5) is 22.8. The molecule has 0 aliphatic carbocycles. The summed E-state index contributed by atoms with van der Waals surface area (Å²) in [6, 6.07) is 9.50. The van der Waals surface area contributed by atoms with E-state index >= 15 is 0 Å². The number of benzene rings is 2. The molecule has 0 atom stereocenters. The number of rotatable bonds is 9. The number of non-ortho nitro benzene ring substituents is 1. The molecule has 2 aromatic rings. The number of amides is 1. The standard InChI is InChI=1S/C20H23BrN2O4/c1-3-4-5-6-11-27-19-10-7-15(13-17(19)21)20(24)22-18-9-8-16(23(25)26)12-14(18)2/h7-10,12-13H,3-6,11H2,1-2H3,(H,22,24). The summed E-state index contributed by atoms with van der Waals surface area (Å²) in [5, 5.41) is 13.6. The van der Waals surface area contributed by atoms with Crippen molar-refractivity contribution in [1.82, 2.24) is 0 Å². The van der Waals surface area contributed by atoms with E-state index in [0.29, 0.717) is 33.6 Å². The van der Waals surface area contributed by atoms with Gasteiger partial charge in [0.1, 0.15) is 5.75 Å². The predicted molar refractivity (Wildman–Crippen MR) is 110 cm³/mol. The average Bonchev–Trinajstić information content (AvgIpc) is 2.64. The maximum atomic E-state index is 12.5. The first-order valence-electron chi connectivity index (χ1n) is 8.91. The van der Waals surface area contributed by atoms with Gasteiger partial charge in [-0.3, -0.25) is 14.9 Å². The first-order valence-corrected chi connectivity index (χ1v) is 9.70. The monoisotopic (exact) mass is 434 g/mol. The topological polar surface area (TPSA) is 81.5 Å².